The van der Waals surface area contributed by atoms with E-state index in [0.717, 1.165) is 6.42 Å². The van der Waals surface area contributed by atoms with E-state index in [2.05, 4.69) is 37.3 Å². The average Bonchev–Trinajstić information content (AvgIpc) is 2.42. The zero-order valence-corrected chi connectivity index (χ0v) is 10.8. The van der Waals surface area contributed by atoms with Crippen LogP contribution in [0.2, 0.25) is 0 Å². The molecule has 2 atom stereocenters. The summed E-state index contributed by atoms with van der Waals surface area (Å²) in [5.41, 5.74) is 1.34. The van der Waals surface area contributed by atoms with Gasteiger partial charge in [0, 0.05) is 0 Å². The second-order valence-corrected chi connectivity index (χ2v) is 4.00. The summed E-state index contributed by atoms with van der Waals surface area (Å²) >= 11 is 0. The Bertz CT molecular complexity index is 268. The van der Waals surface area contributed by atoms with Gasteiger partial charge in [0.1, 0.15) is 0 Å². The van der Waals surface area contributed by atoms with Gasteiger partial charge in [-0.1, -0.05) is 51.1 Å². The highest BCUT2D eigenvalue weighted by Gasteiger charge is 2.21. The minimum atomic E-state index is 0.342. The summed E-state index contributed by atoms with van der Waals surface area (Å²) < 4.78 is 6.02. The van der Waals surface area contributed by atoms with Gasteiger partial charge in [-0.3, -0.25) is 0 Å². The second kappa shape index (κ2) is 7.45. The largest absolute Gasteiger partial charge is 0.370 e. The molecule has 1 heterocycles. The first-order chi connectivity index (χ1) is 7.90. The van der Waals surface area contributed by atoms with Gasteiger partial charge in [0.15, 0.2) is 0 Å². The van der Waals surface area contributed by atoms with Crippen molar-refractivity contribution in [2.75, 3.05) is 0 Å². The molecule has 0 unspecified atom stereocenters. The smallest absolute Gasteiger partial charge is 0.0828 e. The fourth-order valence-corrected chi connectivity index (χ4v) is 2.11. The molecule has 1 heteroatoms. The van der Waals surface area contributed by atoms with Crippen molar-refractivity contribution in [3.05, 3.63) is 35.9 Å². The van der Waals surface area contributed by atoms with Crippen molar-refractivity contribution in [1.29, 1.82) is 0 Å². The molecule has 1 aliphatic rings. The minimum absolute atomic E-state index is 0.342. The van der Waals surface area contributed by atoms with Crippen LogP contribution in [-0.4, -0.2) is 6.10 Å². The molecular formula is C15H24O. The maximum atomic E-state index is 6.02. The van der Waals surface area contributed by atoms with Crippen molar-refractivity contribution in [3.63, 3.8) is 0 Å². The van der Waals surface area contributed by atoms with E-state index in [0.29, 0.717) is 12.2 Å². The van der Waals surface area contributed by atoms with Crippen LogP contribution in [0.15, 0.2) is 30.3 Å². The summed E-state index contributed by atoms with van der Waals surface area (Å²) in [5, 5.41) is 0. The summed E-state index contributed by atoms with van der Waals surface area (Å²) in [7, 11) is 0. The molecule has 0 bridgehead atoms. The van der Waals surface area contributed by atoms with Crippen LogP contribution < -0.4 is 0 Å². The van der Waals surface area contributed by atoms with Crippen LogP contribution in [-0.2, 0) is 4.74 Å². The number of rotatable bonds is 2. The Balaban J connectivity index is 0.000000606. The molecule has 1 aromatic carbocycles. The number of hydrogen-bond acceptors (Lipinski definition) is 1. The van der Waals surface area contributed by atoms with Gasteiger partial charge in [0.05, 0.1) is 12.2 Å². The molecular weight excluding hydrogens is 196 g/mol. The Labute approximate surface area is 99.8 Å². The van der Waals surface area contributed by atoms with Gasteiger partial charge in [0.25, 0.3) is 0 Å². The Morgan fingerprint density at radius 2 is 1.81 bits per heavy atom. The number of ether oxygens (including phenoxy) is 1. The zero-order valence-electron chi connectivity index (χ0n) is 10.8. The first-order valence-electron chi connectivity index (χ1n) is 6.60. The molecule has 0 spiro atoms. The number of benzene rings is 1. The monoisotopic (exact) mass is 220 g/mol. The van der Waals surface area contributed by atoms with Gasteiger partial charge in [-0.15, -0.1) is 0 Å². The second-order valence-electron chi connectivity index (χ2n) is 4.00. The fourth-order valence-electron chi connectivity index (χ4n) is 2.11. The lowest BCUT2D eigenvalue weighted by Gasteiger charge is -2.29. The van der Waals surface area contributed by atoms with E-state index in [1.54, 1.807) is 0 Å². The van der Waals surface area contributed by atoms with Crippen molar-refractivity contribution in [3.8, 4) is 0 Å². The van der Waals surface area contributed by atoms with Crippen molar-refractivity contribution in [2.45, 2.75) is 58.7 Å². The van der Waals surface area contributed by atoms with E-state index in [1.807, 2.05) is 13.8 Å². The Morgan fingerprint density at radius 3 is 2.44 bits per heavy atom. The van der Waals surface area contributed by atoms with E-state index in [4.69, 9.17) is 4.74 Å². The van der Waals surface area contributed by atoms with Crippen molar-refractivity contribution in [2.24, 2.45) is 0 Å². The third kappa shape index (κ3) is 3.64. The average molecular weight is 220 g/mol. The van der Waals surface area contributed by atoms with E-state index < -0.39 is 0 Å². The third-order valence-electron chi connectivity index (χ3n) is 2.98. The van der Waals surface area contributed by atoms with Crippen LogP contribution in [0.4, 0.5) is 0 Å². The van der Waals surface area contributed by atoms with Crippen LogP contribution in [0.5, 0.6) is 0 Å². The molecule has 1 nitrogen and oxygen atoms in total. The molecule has 1 aliphatic heterocycles. The highest BCUT2D eigenvalue weighted by Crippen LogP contribution is 2.31. The molecule has 16 heavy (non-hydrogen) atoms. The minimum Gasteiger partial charge on any atom is -0.370 e. The third-order valence-corrected chi connectivity index (χ3v) is 2.98. The van der Waals surface area contributed by atoms with Crippen LogP contribution in [0.3, 0.4) is 0 Å². The lowest BCUT2D eigenvalue weighted by atomic mass is 9.97. The maximum Gasteiger partial charge on any atom is 0.0828 e. The van der Waals surface area contributed by atoms with Crippen molar-refractivity contribution < 1.29 is 4.74 Å². The zero-order chi connectivity index (χ0) is 11.8. The summed E-state index contributed by atoms with van der Waals surface area (Å²) in [5.74, 6) is 0. The first kappa shape index (κ1) is 13.2. The lowest BCUT2D eigenvalue weighted by Crippen LogP contribution is -2.21. The SMILES string of the molecule is CC.CC[C@@H]1CCC[C@H](c2ccccc2)O1. The van der Waals surface area contributed by atoms with Gasteiger partial charge in [-0.05, 0) is 31.2 Å². The molecule has 1 saturated heterocycles. The molecule has 0 aromatic heterocycles. The van der Waals surface area contributed by atoms with E-state index >= 15 is 0 Å². The first-order valence-corrected chi connectivity index (χ1v) is 6.60. The lowest BCUT2D eigenvalue weighted by molar-refractivity contribution is -0.0525. The molecule has 1 aromatic rings. The molecule has 0 N–H and O–H groups in total. The summed E-state index contributed by atoms with van der Waals surface area (Å²) in [4.78, 5) is 0. The molecule has 0 aliphatic carbocycles. The Kier molecular flexibility index (Phi) is 6.17. The van der Waals surface area contributed by atoms with Crippen LogP contribution in [0.1, 0.15) is 58.1 Å². The Hall–Kier alpha value is -0.820. The fraction of sp³-hybridized carbons (Fsp3) is 0.600. The van der Waals surface area contributed by atoms with Crippen LogP contribution in [0, 0.1) is 0 Å². The van der Waals surface area contributed by atoms with E-state index in [9.17, 15) is 0 Å². The van der Waals surface area contributed by atoms with Crippen LogP contribution in [0.25, 0.3) is 0 Å². The summed E-state index contributed by atoms with van der Waals surface area (Å²) in [6, 6.07) is 10.6. The normalized spacial score (nSPS) is 24.4. The molecule has 0 radical (unpaired) electrons. The van der Waals surface area contributed by atoms with E-state index in [-0.39, 0.29) is 0 Å². The van der Waals surface area contributed by atoms with Gasteiger partial charge < -0.3 is 4.74 Å². The molecule has 0 amide bonds. The van der Waals surface area contributed by atoms with Gasteiger partial charge >= 0.3 is 0 Å². The Morgan fingerprint density at radius 1 is 1.12 bits per heavy atom. The maximum absolute atomic E-state index is 6.02. The standard InChI is InChI=1S/C13H18O.C2H6/c1-2-12-9-6-10-13(14-12)11-7-4-3-5-8-11;1-2/h3-5,7-8,12-13H,2,6,9-10H2,1H3;1-2H3/t12-,13-;/m1./s1. The predicted octanol–water partition coefficient (Wildman–Crippen LogP) is 4.73. The van der Waals surface area contributed by atoms with Gasteiger partial charge in [0.2, 0.25) is 0 Å². The summed E-state index contributed by atoms with van der Waals surface area (Å²) in [6.45, 7) is 6.21. The molecule has 2 rings (SSSR count). The highest BCUT2D eigenvalue weighted by molar-refractivity contribution is 5.17. The highest BCUT2D eigenvalue weighted by atomic mass is 16.5. The molecule has 90 valence electrons. The number of hydrogen-bond donors (Lipinski definition) is 0. The van der Waals surface area contributed by atoms with E-state index in [1.165, 1.54) is 24.8 Å². The molecule has 0 saturated carbocycles. The van der Waals surface area contributed by atoms with Crippen molar-refractivity contribution >= 4 is 0 Å². The topological polar surface area (TPSA) is 9.23 Å². The van der Waals surface area contributed by atoms with Gasteiger partial charge in [-0.2, -0.15) is 0 Å². The predicted molar refractivity (Wildman–Crippen MR) is 69.5 cm³/mol. The van der Waals surface area contributed by atoms with Crippen molar-refractivity contribution in [1.82, 2.24) is 0 Å². The quantitative estimate of drug-likeness (QED) is 0.700. The van der Waals surface area contributed by atoms with Gasteiger partial charge in [-0.25, -0.2) is 0 Å². The van der Waals surface area contributed by atoms with Crippen LogP contribution >= 0.6 is 0 Å². The molecule has 1 fully saturated rings. The summed E-state index contributed by atoms with van der Waals surface area (Å²) in [6.07, 6.45) is 5.69.